The van der Waals surface area contributed by atoms with Gasteiger partial charge in [0.1, 0.15) is 23.9 Å². The average molecular weight is 469 g/mol. The Morgan fingerprint density at radius 2 is 1.58 bits per heavy atom. The van der Waals surface area contributed by atoms with Crippen LogP contribution in [0, 0.1) is 5.92 Å². The molecule has 1 aliphatic heterocycles. The third-order valence-electron chi connectivity index (χ3n) is 5.03. The molecule has 12 nitrogen and oxygen atoms in total. The molecule has 12 heteroatoms. The van der Waals surface area contributed by atoms with Gasteiger partial charge < -0.3 is 34.7 Å². The lowest BCUT2D eigenvalue weighted by Gasteiger charge is -2.26. The van der Waals surface area contributed by atoms with Crippen LogP contribution in [0.1, 0.15) is 37.7 Å². The summed E-state index contributed by atoms with van der Waals surface area (Å²) in [5, 5.41) is 11.3. The molecule has 0 radical (unpaired) electrons. The lowest BCUT2D eigenvalue weighted by atomic mass is 9.93. The molecule has 0 aliphatic carbocycles. The highest BCUT2D eigenvalue weighted by Gasteiger charge is 2.50. The number of hydrogen-bond donors (Lipinski definition) is 3. The predicted molar refractivity (Wildman–Crippen MR) is 114 cm³/mol. The third kappa shape index (κ3) is 7.62. The summed E-state index contributed by atoms with van der Waals surface area (Å²) in [6.45, 7) is 5.55. The number of ketones is 1. The number of nitrogens with zero attached hydrogens (tertiary/aromatic N) is 1. The maximum Gasteiger partial charge on any atom is 0.274 e. The first-order chi connectivity index (χ1) is 15.6. The Kier molecular flexibility index (Phi) is 9.50. The van der Waals surface area contributed by atoms with Crippen molar-refractivity contribution in [3.05, 3.63) is 18.0 Å². The molecule has 184 valence electrons. The molecule has 1 fully saturated rings. The van der Waals surface area contributed by atoms with Crippen molar-refractivity contribution in [2.45, 2.75) is 50.9 Å². The molecule has 3 N–H and O–H groups in total. The number of Topliss-reactive ketones (excluding diaryl/α,β-unsaturated/α-hetero) is 1. The third-order valence-corrected chi connectivity index (χ3v) is 5.03. The fourth-order valence-electron chi connectivity index (χ4n) is 3.13. The number of carbonyl (C=O) groups is 4. The van der Waals surface area contributed by atoms with Gasteiger partial charge in [-0.1, -0.05) is 19.0 Å². The van der Waals surface area contributed by atoms with E-state index >= 15 is 0 Å². The molecule has 2 heterocycles. The zero-order valence-corrected chi connectivity index (χ0v) is 19.5. The van der Waals surface area contributed by atoms with Crippen molar-refractivity contribution < 1.29 is 37.9 Å². The van der Waals surface area contributed by atoms with Crippen molar-refractivity contribution in [1.29, 1.82) is 0 Å². The number of carbonyl (C=O) groups excluding carboxylic acids is 4. The highest BCUT2D eigenvalue weighted by Crippen LogP contribution is 2.29. The maximum absolute atomic E-state index is 13.0. The molecule has 1 aliphatic rings. The zero-order chi connectivity index (χ0) is 24.6. The average Bonchev–Trinajstić information content (AvgIpc) is 3.27. The molecule has 2 unspecified atom stereocenters. The smallest absolute Gasteiger partial charge is 0.274 e. The summed E-state index contributed by atoms with van der Waals surface area (Å²) in [5.74, 6) is -1.99. The fourth-order valence-corrected chi connectivity index (χ4v) is 3.13. The summed E-state index contributed by atoms with van der Waals surface area (Å²) in [5.41, 5.74) is -0.914. The summed E-state index contributed by atoms with van der Waals surface area (Å²) in [6.07, 6.45) is 1.64. The van der Waals surface area contributed by atoms with Crippen molar-refractivity contribution in [3.63, 3.8) is 0 Å². The molecule has 33 heavy (non-hydrogen) atoms. The van der Waals surface area contributed by atoms with Gasteiger partial charge >= 0.3 is 0 Å². The van der Waals surface area contributed by atoms with Crippen LogP contribution >= 0.6 is 0 Å². The van der Waals surface area contributed by atoms with E-state index in [-0.39, 0.29) is 30.6 Å². The Morgan fingerprint density at radius 3 is 2.03 bits per heavy atom. The van der Waals surface area contributed by atoms with Crippen molar-refractivity contribution in [1.82, 2.24) is 21.1 Å². The van der Waals surface area contributed by atoms with E-state index < -0.39 is 41.4 Å². The van der Waals surface area contributed by atoms with E-state index in [4.69, 9.17) is 14.2 Å². The normalized spacial score (nSPS) is 19.9. The molecule has 4 atom stereocenters. The van der Waals surface area contributed by atoms with Crippen LogP contribution in [-0.4, -0.2) is 86.4 Å². The second-order valence-corrected chi connectivity index (χ2v) is 8.46. The van der Waals surface area contributed by atoms with E-state index in [1.807, 2.05) is 13.8 Å². The van der Waals surface area contributed by atoms with Crippen LogP contribution in [0.2, 0.25) is 0 Å². The molecule has 0 saturated carbocycles. The van der Waals surface area contributed by atoms with Gasteiger partial charge in [-0.15, -0.1) is 0 Å². The number of aromatic nitrogens is 1. The SMILES string of the molecule is COCC(NC(=O)c1ccon1)C(=O)N[C@@H](COC)C(=O)NC(CC(C)C)C(=O)[C@@]1(C)CO1. The van der Waals surface area contributed by atoms with Crippen molar-refractivity contribution >= 4 is 23.5 Å². The maximum atomic E-state index is 13.0. The van der Waals surface area contributed by atoms with E-state index in [1.54, 1.807) is 6.92 Å². The molecular formula is C21H32N4O8. The number of epoxide rings is 1. The number of methoxy groups -OCH3 is 2. The number of rotatable bonds is 14. The minimum Gasteiger partial charge on any atom is -0.382 e. The minimum atomic E-state index is -1.11. The van der Waals surface area contributed by atoms with Gasteiger partial charge in [-0.25, -0.2) is 0 Å². The molecule has 0 aromatic carbocycles. The van der Waals surface area contributed by atoms with Gasteiger partial charge in [-0.2, -0.15) is 0 Å². The highest BCUT2D eigenvalue weighted by molar-refractivity contribution is 5.99. The van der Waals surface area contributed by atoms with Gasteiger partial charge in [0, 0.05) is 20.3 Å². The molecule has 0 bridgehead atoms. The molecule has 1 aromatic heterocycles. The van der Waals surface area contributed by atoms with Gasteiger partial charge in [-0.3, -0.25) is 19.2 Å². The Bertz CT molecular complexity index is 822. The Hall–Kier alpha value is -2.83. The van der Waals surface area contributed by atoms with Gasteiger partial charge in [0.15, 0.2) is 11.5 Å². The Balaban J connectivity index is 2.07. The number of amides is 3. The van der Waals surface area contributed by atoms with Crippen LogP contribution in [0.3, 0.4) is 0 Å². The van der Waals surface area contributed by atoms with Gasteiger partial charge in [0.05, 0.1) is 25.9 Å². The van der Waals surface area contributed by atoms with Gasteiger partial charge in [-0.05, 0) is 19.3 Å². The summed E-state index contributed by atoms with van der Waals surface area (Å²) >= 11 is 0. The lowest BCUT2D eigenvalue weighted by Crippen LogP contribution is -2.58. The van der Waals surface area contributed by atoms with Gasteiger partial charge in [0.2, 0.25) is 11.8 Å². The zero-order valence-electron chi connectivity index (χ0n) is 19.5. The largest absolute Gasteiger partial charge is 0.382 e. The van der Waals surface area contributed by atoms with Crippen molar-refractivity contribution in [3.8, 4) is 0 Å². The summed E-state index contributed by atoms with van der Waals surface area (Å²) in [4.78, 5) is 50.8. The highest BCUT2D eigenvalue weighted by atomic mass is 16.6. The van der Waals surface area contributed by atoms with E-state index in [0.717, 1.165) is 0 Å². The van der Waals surface area contributed by atoms with Crippen LogP contribution in [-0.2, 0) is 28.6 Å². The first kappa shape index (κ1) is 26.4. The molecule has 1 aromatic rings. The quantitative estimate of drug-likeness (QED) is 0.304. The Labute approximate surface area is 192 Å². The predicted octanol–water partition coefficient (Wildman–Crippen LogP) is -0.560. The van der Waals surface area contributed by atoms with Crippen LogP contribution in [0.25, 0.3) is 0 Å². The van der Waals surface area contributed by atoms with Crippen LogP contribution in [0.4, 0.5) is 0 Å². The van der Waals surface area contributed by atoms with Crippen LogP contribution < -0.4 is 16.0 Å². The van der Waals surface area contributed by atoms with E-state index in [9.17, 15) is 19.2 Å². The van der Waals surface area contributed by atoms with E-state index in [0.29, 0.717) is 13.0 Å². The van der Waals surface area contributed by atoms with Crippen molar-refractivity contribution in [2.24, 2.45) is 5.92 Å². The van der Waals surface area contributed by atoms with E-state index in [2.05, 4.69) is 25.6 Å². The molecule has 1 saturated heterocycles. The molecular weight excluding hydrogens is 436 g/mol. The molecule has 0 spiro atoms. The second kappa shape index (κ2) is 11.9. The number of hydrogen-bond acceptors (Lipinski definition) is 9. The number of ether oxygens (including phenoxy) is 3. The number of nitrogens with one attached hydrogen (secondary N) is 3. The summed E-state index contributed by atoms with van der Waals surface area (Å²) < 4.78 is 20.0. The monoisotopic (exact) mass is 468 g/mol. The lowest BCUT2D eigenvalue weighted by molar-refractivity contribution is -0.134. The Morgan fingerprint density at radius 1 is 1.03 bits per heavy atom. The summed E-state index contributed by atoms with van der Waals surface area (Å²) in [6, 6.07) is -1.66. The topological polar surface area (TPSA) is 161 Å². The summed E-state index contributed by atoms with van der Waals surface area (Å²) in [7, 11) is 2.74. The first-order valence-electron chi connectivity index (χ1n) is 10.6. The molecule has 2 rings (SSSR count). The van der Waals surface area contributed by atoms with Crippen LogP contribution in [0.15, 0.2) is 16.9 Å². The van der Waals surface area contributed by atoms with Crippen LogP contribution in [0.5, 0.6) is 0 Å². The standard InChI is InChI=1S/C21H32N4O8/c1-12(2)8-14(17(26)21(3)11-32-21)22-19(28)15(9-30-4)24-20(29)16(10-31-5)23-18(27)13-6-7-33-25-13/h6-7,12,14-16H,8-11H2,1-5H3,(H,22,28)(H,23,27)(H,24,29)/t14?,15-,16?,21+/m0/s1. The minimum absolute atomic E-state index is 0.0130. The first-order valence-corrected chi connectivity index (χ1v) is 10.6. The van der Waals surface area contributed by atoms with Crippen molar-refractivity contribution in [2.75, 3.05) is 34.0 Å². The fraction of sp³-hybridized carbons (Fsp3) is 0.667. The van der Waals surface area contributed by atoms with E-state index in [1.165, 1.54) is 26.5 Å². The van der Waals surface area contributed by atoms with Gasteiger partial charge in [0.25, 0.3) is 5.91 Å². The molecule has 3 amide bonds. The second-order valence-electron chi connectivity index (χ2n) is 8.46.